The van der Waals surface area contributed by atoms with Crippen LogP contribution in [0.1, 0.15) is 64.7 Å². The lowest BCUT2D eigenvalue weighted by Gasteiger charge is -2.35. The van der Waals surface area contributed by atoms with Crippen molar-refractivity contribution >= 4 is 5.78 Å². The molecule has 0 bridgehead atoms. The molecule has 0 atom stereocenters. The first-order valence-corrected chi connectivity index (χ1v) is 6.94. The SMILES string of the molecule is CCOC1(C(=O)CCC2CC2)CCCCC1. The van der Waals surface area contributed by atoms with E-state index >= 15 is 0 Å². The summed E-state index contributed by atoms with van der Waals surface area (Å²) in [5, 5.41) is 0. The normalized spacial score (nSPS) is 24.3. The van der Waals surface area contributed by atoms with Gasteiger partial charge in [0.05, 0.1) is 0 Å². The molecule has 2 aliphatic carbocycles. The van der Waals surface area contributed by atoms with E-state index in [-0.39, 0.29) is 5.60 Å². The van der Waals surface area contributed by atoms with Gasteiger partial charge in [-0.25, -0.2) is 0 Å². The highest BCUT2D eigenvalue weighted by Gasteiger charge is 2.39. The summed E-state index contributed by atoms with van der Waals surface area (Å²) < 4.78 is 5.84. The predicted octanol–water partition coefficient (Wildman–Crippen LogP) is 3.49. The van der Waals surface area contributed by atoms with Crippen molar-refractivity contribution in [3.05, 3.63) is 0 Å². The van der Waals surface area contributed by atoms with Gasteiger partial charge in [-0.3, -0.25) is 4.79 Å². The van der Waals surface area contributed by atoms with E-state index in [0.29, 0.717) is 12.4 Å². The van der Waals surface area contributed by atoms with E-state index in [1.165, 1.54) is 19.3 Å². The van der Waals surface area contributed by atoms with E-state index in [4.69, 9.17) is 4.74 Å². The van der Waals surface area contributed by atoms with Crippen molar-refractivity contribution in [1.29, 1.82) is 0 Å². The van der Waals surface area contributed by atoms with Gasteiger partial charge >= 0.3 is 0 Å². The zero-order chi connectivity index (χ0) is 11.4. The van der Waals surface area contributed by atoms with Gasteiger partial charge in [0.2, 0.25) is 0 Å². The lowest BCUT2D eigenvalue weighted by Crippen LogP contribution is -2.43. The molecule has 16 heavy (non-hydrogen) atoms. The Hall–Kier alpha value is -0.370. The second kappa shape index (κ2) is 5.31. The van der Waals surface area contributed by atoms with E-state index in [1.807, 2.05) is 6.92 Å². The summed E-state index contributed by atoms with van der Waals surface area (Å²) in [7, 11) is 0. The van der Waals surface area contributed by atoms with Crippen LogP contribution in [0.25, 0.3) is 0 Å². The number of hydrogen-bond acceptors (Lipinski definition) is 2. The molecule has 0 aromatic rings. The molecular formula is C14H24O2. The Morgan fingerprint density at radius 3 is 2.50 bits per heavy atom. The lowest BCUT2D eigenvalue weighted by molar-refractivity contribution is -0.149. The summed E-state index contributed by atoms with van der Waals surface area (Å²) in [6, 6.07) is 0. The van der Waals surface area contributed by atoms with E-state index in [2.05, 4.69) is 0 Å². The minimum Gasteiger partial charge on any atom is -0.368 e. The van der Waals surface area contributed by atoms with E-state index in [1.54, 1.807) is 0 Å². The molecule has 2 rings (SSSR count). The average Bonchev–Trinajstić information content (AvgIpc) is 3.11. The minimum atomic E-state index is -0.387. The topological polar surface area (TPSA) is 26.3 Å². The molecule has 2 saturated carbocycles. The van der Waals surface area contributed by atoms with Crippen LogP contribution in [0.3, 0.4) is 0 Å². The van der Waals surface area contributed by atoms with Gasteiger partial charge in [0.15, 0.2) is 5.78 Å². The Bertz CT molecular complexity index is 232. The maximum absolute atomic E-state index is 12.3. The van der Waals surface area contributed by atoms with E-state index < -0.39 is 0 Å². The quantitative estimate of drug-likeness (QED) is 0.690. The summed E-state index contributed by atoms with van der Waals surface area (Å²) in [4.78, 5) is 12.3. The maximum Gasteiger partial charge on any atom is 0.164 e. The highest BCUT2D eigenvalue weighted by molar-refractivity contribution is 5.87. The highest BCUT2D eigenvalue weighted by Crippen LogP contribution is 2.37. The van der Waals surface area contributed by atoms with Crippen molar-refractivity contribution in [3.8, 4) is 0 Å². The number of Topliss-reactive ketones (excluding diaryl/α,β-unsaturated/α-hetero) is 1. The molecule has 0 aliphatic heterocycles. The summed E-state index contributed by atoms with van der Waals surface area (Å²) in [6.07, 6.45) is 10.1. The molecule has 0 aromatic heterocycles. The second-order valence-corrected chi connectivity index (χ2v) is 5.39. The number of hydrogen-bond donors (Lipinski definition) is 0. The van der Waals surface area contributed by atoms with Gasteiger partial charge in [-0.2, -0.15) is 0 Å². The van der Waals surface area contributed by atoms with Crippen molar-refractivity contribution in [2.75, 3.05) is 6.61 Å². The zero-order valence-electron chi connectivity index (χ0n) is 10.5. The van der Waals surface area contributed by atoms with Crippen LogP contribution in [0.15, 0.2) is 0 Å². The van der Waals surface area contributed by atoms with Gasteiger partial charge in [0.1, 0.15) is 5.60 Å². The lowest BCUT2D eigenvalue weighted by atomic mass is 9.80. The molecule has 2 heteroatoms. The summed E-state index contributed by atoms with van der Waals surface area (Å²) >= 11 is 0. The van der Waals surface area contributed by atoms with Crippen LogP contribution in [-0.2, 0) is 9.53 Å². The summed E-state index contributed by atoms with van der Waals surface area (Å²) in [5.74, 6) is 1.24. The predicted molar refractivity (Wildman–Crippen MR) is 64.4 cm³/mol. The van der Waals surface area contributed by atoms with Crippen LogP contribution in [-0.4, -0.2) is 18.0 Å². The van der Waals surface area contributed by atoms with E-state index in [0.717, 1.165) is 44.4 Å². The zero-order valence-corrected chi connectivity index (χ0v) is 10.5. The fourth-order valence-electron chi connectivity index (χ4n) is 2.87. The Morgan fingerprint density at radius 1 is 1.25 bits per heavy atom. The number of ether oxygens (including phenoxy) is 1. The molecule has 2 fully saturated rings. The van der Waals surface area contributed by atoms with Gasteiger partial charge in [-0.05, 0) is 32.1 Å². The Kier molecular flexibility index (Phi) is 4.01. The van der Waals surface area contributed by atoms with Gasteiger partial charge in [-0.15, -0.1) is 0 Å². The van der Waals surface area contributed by atoms with Crippen molar-refractivity contribution in [3.63, 3.8) is 0 Å². The third-order valence-electron chi connectivity index (χ3n) is 4.07. The van der Waals surface area contributed by atoms with Gasteiger partial charge in [-0.1, -0.05) is 32.1 Å². The molecular weight excluding hydrogens is 200 g/mol. The van der Waals surface area contributed by atoms with Crippen LogP contribution in [0.5, 0.6) is 0 Å². The molecule has 0 aromatic carbocycles. The van der Waals surface area contributed by atoms with Crippen LogP contribution in [0, 0.1) is 5.92 Å². The molecule has 0 radical (unpaired) electrons. The number of carbonyl (C=O) groups is 1. The third-order valence-corrected chi connectivity index (χ3v) is 4.07. The summed E-state index contributed by atoms with van der Waals surface area (Å²) in [6.45, 7) is 2.68. The Morgan fingerprint density at radius 2 is 1.94 bits per heavy atom. The molecule has 0 spiro atoms. The van der Waals surface area contributed by atoms with Crippen molar-refractivity contribution in [2.45, 2.75) is 70.3 Å². The molecule has 0 N–H and O–H groups in total. The first kappa shape index (κ1) is 12.1. The largest absolute Gasteiger partial charge is 0.368 e. The molecule has 0 saturated heterocycles. The number of carbonyl (C=O) groups excluding carboxylic acids is 1. The highest BCUT2D eigenvalue weighted by atomic mass is 16.5. The first-order valence-electron chi connectivity index (χ1n) is 6.94. The Balaban J connectivity index is 1.89. The number of rotatable bonds is 6. The van der Waals surface area contributed by atoms with Crippen LogP contribution in [0.4, 0.5) is 0 Å². The monoisotopic (exact) mass is 224 g/mol. The van der Waals surface area contributed by atoms with Crippen LogP contribution < -0.4 is 0 Å². The fraction of sp³-hybridized carbons (Fsp3) is 0.929. The summed E-state index contributed by atoms with van der Waals surface area (Å²) in [5.41, 5.74) is -0.387. The molecule has 0 unspecified atom stereocenters. The first-order chi connectivity index (χ1) is 7.77. The molecule has 92 valence electrons. The Labute approximate surface area is 98.7 Å². The van der Waals surface area contributed by atoms with Gasteiger partial charge in [0.25, 0.3) is 0 Å². The fourth-order valence-corrected chi connectivity index (χ4v) is 2.87. The average molecular weight is 224 g/mol. The third kappa shape index (κ3) is 2.85. The standard InChI is InChI=1S/C14H24O2/c1-2-16-14(10-4-3-5-11-14)13(15)9-8-12-6-7-12/h12H,2-11H2,1H3. The molecule has 2 aliphatic rings. The van der Waals surface area contributed by atoms with Crippen LogP contribution in [0.2, 0.25) is 0 Å². The number of ketones is 1. The van der Waals surface area contributed by atoms with Crippen molar-refractivity contribution < 1.29 is 9.53 Å². The maximum atomic E-state index is 12.3. The molecule has 2 nitrogen and oxygen atoms in total. The van der Waals surface area contributed by atoms with Crippen molar-refractivity contribution in [2.24, 2.45) is 5.92 Å². The van der Waals surface area contributed by atoms with E-state index in [9.17, 15) is 4.79 Å². The molecule has 0 amide bonds. The minimum absolute atomic E-state index is 0.387. The van der Waals surface area contributed by atoms with Gasteiger partial charge < -0.3 is 4.74 Å². The van der Waals surface area contributed by atoms with Crippen molar-refractivity contribution in [1.82, 2.24) is 0 Å². The smallest absolute Gasteiger partial charge is 0.164 e. The molecule has 0 heterocycles. The second-order valence-electron chi connectivity index (χ2n) is 5.39. The van der Waals surface area contributed by atoms with Gasteiger partial charge in [0, 0.05) is 13.0 Å². The van der Waals surface area contributed by atoms with Crippen LogP contribution >= 0.6 is 0 Å².